The van der Waals surface area contributed by atoms with E-state index in [9.17, 15) is 4.79 Å². The van der Waals surface area contributed by atoms with Crippen LogP contribution >= 0.6 is 15.9 Å². The van der Waals surface area contributed by atoms with Gasteiger partial charge in [-0.3, -0.25) is 4.68 Å². The van der Waals surface area contributed by atoms with Gasteiger partial charge in [-0.15, -0.1) is 0 Å². The molecular formula is C13H16BrN3O2. The molecule has 0 bridgehead atoms. The summed E-state index contributed by atoms with van der Waals surface area (Å²) in [6.45, 7) is 5.33. The molecule has 0 atom stereocenters. The lowest BCUT2D eigenvalue weighted by atomic mass is 10.3. The smallest absolute Gasteiger partial charge is 0.352 e. The lowest BCUT2D eigenvalue weighted by Gasteiger charge is -2.09. The quantitative estimate of drug-likeness (QED) is 0.919. The molecule has 0 unspecified atom stereocenters. The van der Waals surface area contributed by atoms with E-state index >= 15 is 0 Å². The first-order chi connectivity index (χ1) is 9.08. The van der Waals surface area contributed by atoms with Crippen molar-refractivity contribution in [2.24, 2.45) is 0 Å². The fourth-order valence-electron chi connectivity index (χ4n) is 2.08. The summed E-state index contributed by atoms with van der Waals surface area (Å²) in [5.41, 5.74) is 2.28. The second kappa shape index (κ2) is 5.61. The topological polar surface area (TPSA) is 60.0 Å². The van der Waals surface area contributed by atoms with E-state index in [4.69, 9.17) is 5.11 Å². The van der Waals surface area contributed by atoms with Gasteiger partial charge in [-0.05, 0) is 41.4 Å². The van der Waals surface area contributed by atoms with E-state index < -0.39 is 5.97 Å². The Labute approximate surface area is 120 Å². The molecule has 0 aromatic carbocycles. The molecule has 5 nitrogen and oxygen atoms in total. The predicted molar refractivity (Wildman–Crippen MR) is 75.5 cm³/mol. The zero-order chi connectivity index (χ0) is 14.0. The maximum Gasteiger partial charge on any atom is 0.352 e. The van der Waals surface area contributed by atoms with Crippen LogP contribution in [0.4, 0.5) is 0 Å². The Balaban J connectivity index is 2.40. The molecule has 19 heavy (non-hydrogen) atoms. The van der Waals surface area contributed by atoms with Crippen LogP contribution < -0.4 is 0 Å². The number of halogens is 1. The van der Waals surface area contributed by atoms with Gasteiger partial charge >= 0.3 is 5.97 Å². The molecule has 0 aliphatic carbocycles. The van der Waals surface area contributed by atoms with Crippen LogP contribution in [0, 0.1) is 0 Å². The van der Waals surface area contributed by atoms with Crippen LogP contribution in [0.15, 0.2) is 22.8 Å². The molecule has 0 aliphatic heterocycles. The van der Waals surface area contributed by atoms with Gasteiger partial charge < -0.3 is 9.67 Å². The molecule has 0 saturated heterocycles. The summed E-state index contributed by atoms with van der Waals surface area (Å²) >= 11 is 3.57. The van der Waals surface area contributed by atoms with Crippen LogP contribution in [-0.4, -0.2) is 25.4 Å². The highest BCUT2D eigenvalue weighted by Gasteiger charge is 2.16. The Morgan fingerprint density at radius 2 is 2.21 bits per heavy atom. The van der Waals surface area contributed by atoms with Crippen molar-refractivity contribution in [3.8, 4) is 0 Å². The van der Waals surface area contributed by atoms with Crippen molar-refractivity contribution in [2.75, 3.05) is 0 Å². The molecule has 1 N–H and O–H groups in total. The van der Waals surface area contributed by atoms with Crippen molar-refractivity contribution in [2.45, 2.75) is 33.4 Å². The van der Waals surface area contributed by atoms with Gasteiger partial charge in [0.25, 0.3) is 0 Å². The highest BCUT2D eigenvalue weighted by molar-refractivity contribution is 9.10. The first-order valence-electron chi connectivity index (χ1n) is 6.20. The molecule has 2 aromatic heterocycles. The van der Waals surface area contributed by atoms with Gasteiger partial charge in [0.15, 0.2) is 0 Å². The zero-order valence-corrected chi connectivity index (χ0v) is 12.5. The summed E-state index contributed by atoms with van der Waals surface area (Å²) in [5.74, 6) is -0.917. The normalized spacial score (nSPS) is 10.9. The monoisotopic (exact) mass is 325 g/mol. The number of hydrogen-bond acceptors (Lipinski definition) is 2. The molecule has 0 fully saturated rings. The van der Waals surface area contributed by atoms with Crippen molar-refractivity contribution in [1.82, 2.24) is 14.3 Å². The van der Waals surface area contributed by atoms with E-state index in [0.717, 1.165) is 28.8 Å². The summed E-state index contributed by atoms with van der Waals surface area (Å²) in [6, 6.07) is 3.34. The second-order valence-corrected chi connectivity index (χ2v) is 5.00. The predicted octanol–water partition coefficient (Wildman–Crippen LogP) is 2.78. The third-order valence-corrected chi connectivity index (χ3v) is 3.98. The van der Waals surface area contributed by atoms with Crippen LogP contribution in [0.3, 0.4) is 0 Å². The molecule has 6 heteroatoms. The van der Waals surface area contributed by atoms with Gasteiger partial charge in [0.1, 0.15) is 5.69 Å². The average molecular weight is 326 g/mol. The van der Waals surface area contributed by atoms with Crippen molar-refractivity contribution in [1.29, 1.82) is 0 Å². The zero-order valence-electron chi connectivity index (χ0n) is 10.9. The van der Waals surface area contributed by atoms with Crippen molar-refractivity contribution >= 4 is 21.9 Å². The number of aryl methyl sites for hydroxylation is 2. The molecule has 102 valence electrons. The Morgan fingerprint density at radius 3 is 2.79 bits per heavy atom. The summed E-state index contributed by atoms with van der Waals surface area (Å²) < 4.78 is 4.60. The van der Waals surface area contributed by atoms with E-state index in [-0.39, 0.29) is 5.69 Å². The minimum Gasteiger partial charge on any atom is -0.477 e. The van der Waals surface area contributed by atoms with Crippen LogP contribution in [0.25, 0.3) is 0 Å². The maximum absolute atomic E-state index is 11.1. The fraction of sp³-hybridized carbons (Fsp3) is 0.385. The van der Waals surface area contributed by atoms with E-state index in [1.807, 2.05) is 11.6 Å². The third-order valence-electron chi connectivity index (χ3n) is 3.06. The lowest BCUT2D eigenvalue weighted by Crippen LogP contribution is -2.12. The van der Waals surface area contributed by atoms with Crippen LogP contribution in [0.2, 0.25) is 0 Å². The van der Waals surface area contributed by atoms with Gasteiger partial charge in [-0.1, -0.05) is 6.92 Å². The molecule has 2 heterocycles. The molecule has 0 radical (unpaired) electrons. The summed E-state index contributed by atoms with van der Waals surface area (Å²) in [6.07, 6.45) is 2.62. The highest BCUT2D eigenvalue weighted by atomic mass is 79.9. The number of carboxylic acids is 1. The number of hydrogen-bond donors (Lipinski definition) is 1. The molecular weight excluding hydrogens is 310 g/mol. The molecule has 0 spiro atoms. The molecule has 2 rings (SSSR count). The van der Waals surface area contributed by atoms with Crippen LogP contribution in [-0.2, 0) is 19.5 Å². The maximum atomic E-state index is 11.1. The minimum absolute atomic E-state index is 0.286. The molecule has 0 amide bonds. The van der Waals surface area contributed by atoms with Gasteiger partial charge in [0.2, 0.25) is 0 Å². The summed E-state index contributed by atoms with van der Waals surface area (Å²) in [5, 5.41) is 13.6. The number of carbonyl (C=O) groups is 1. The minimum atomic E-state index is -0.917. The fourth-order valence-corrected chi connectivity index (χ4v) is 2.77. The van der Waals surface area contributed by atoms with E-state index in [2.05, 4.69) is 28.0 Å². The SMILES string of the molecule is CCc1nn(CC)c(Cn2cccc2C(=O)O)c1Br. The number of rotatable bonds is 5. The Kier molecular flexibility index (Phi) is 4.09. The van der Waals surface area contributed by atoms with E-state index in [1.165, 1.54) is 0 Å². The highest BCUT2D eigenvalue weighted by Crippen LogP contribution is 2.23. The van der Waals surface area contributed by atoms with Crippen molar-refractivity contribution in [3.63, 3.8) is 0 Å². The molecule has 0 saturated carbocycles. The van der Waals surface area contributed by atoms with Gasteiger partial charge in [-0.25, -0.2) is 4.79 Å². The van der Waals surface area contributed by atoms with E-state index in [1.54, 1.807) is 22.9 Å². The van der Waals surface area contributed by atoms with E-state index in [0.29, 0.717) is 6.54 Å². The lowest BCUT2D eigenvalue weighted by molar-refractivity contribution is 0.0685. The number of nitrogens with zero attached hydrogens (tertiary/aromatic N) is 3. The molecule has 2 aromatic rings. The Morgan fingerprint density at radius 1 is 1.47 bits per heavy atom. The van der Waals surface area contributed by atoms with Gasteiger partial charge in [-0.2, -0.15) is 5.10 Å². The largest absolute Gasteiger partial charge is 0.477 e. The van der Waals surface area contributed by atoms with Gasteiger partial charge in [0.05, 0.1) is 22.4 Å². The standard InChI is InChI=1S/C13H16BrN3O2/c1-3-9-12(14)11(17(4-2)15-9)8-16-7-5-6-10(16)13(18)19/h5-7H,3-4,8H2,1-2H3,(H,18,19). The molecule has 0 aliphatic rings. The summed E-state index contributed by atoms with van der Waals surface area (Å²) in [4.78, 5) is 11.1. The van der Waals surface area contributed by atoms with Crippen molar-refractivity contribution < 1.29 is 9.90 Å². The average Bonchev–Trinajstić information content (AvgIpc) is 2.96. The Bertz CT molecular complexity index is 601. The van der Waals surface area contributed by atoms with Gasteiger partial charge in [0, 0.05) is 12.7 Å². The number of aromatic carboxylic acids is 1. The number of aromatic nitrogens is 3. The Hall–Kier alpha value is -1.56. The van der Waals surface area contributed by atoms with Crippen LogP contribution in [0.1, 0.15) is 35.7 Å². The first-order valence-corrected chi connectivity index (χ1v) is 7.00. The number of carboxylic acid groups (broad SMARTS) is 1. The first kappa shape index (κ1) is 13.9. The third kappa shape index (κ3) is 2.58. The van der Waals surface area contributed by atoms with Crippen LogP contribution in [0.5, 0.6) is 0 Å². The summed E-state index contributed by atoms with van der Waals surface area (Å²) in [7, 11) is 0. The second-order valence-electron chi connectivity index (χ2n) is 4.20. The van der Waals surface area contributed by atoms with Crippen molar-refractivity contribution in [3.05, 3.63) is 39.9 Å².